The van der Waals surface area contributed by atoms with Gasteiger partial charge in [0.2, 0.25) is 0 Å². The minimum atomic E-state index is -0.425. The number of aliphatic hydroxyl groups excluding tert-OH is 2. The second kappa shape index (κ2) is 5.19. The van der Waals surface area contributed by atoms with Crippen molar-refractivity contribution in [3.63, 3.8) is 0 Å². The molecule has 132 valence electrons. The van der Waals surface area contributed by atoms with Crippen LogP contribution in [0.1, 0.15) is 30.6 Å². The Morgan fingerprint density at radius 1 is 1.24 bits per heavy atom. The molecule has 3 fully saturated rings. The standard InChI is InChI=1S/C21H26N2O2/c1-3-13-10-23-18-9-16(13)21(11-24,12-25)19(23)8-15-14-6-4-5-7-17(14)22(2)20(15)18/h3-7,16,18-19,24-25H,8-12H2,1-2H3/b13-3-/t16-,18+,19+/m0/s1. The van der Waals surface area contributed by atoms with Gasteiger partial charge in [0.05, 0.1) is 19.3 Å². The fourth-order valence-electron chi connectivity index (χ4n) is 6.12. The molecule has 0 aliphatic carbocycles. The first-order valence-electron chi connectivity index (χ1n) is 9.35. The van der Waals surface area contributed by atoms with Crippen molar-refractivity contribution in [2.75, 3.05) is 19.8 Å². The van der Waals surface area contributed by atoms with Gasteiger partial charge in [-0.3, -0.25) is 4.90 Å². The number of piperidine rings is 3. The Morgan fingerprint density at radius 3 is 2.72 bits per heavy atom. The van der Waals surface area contributed by atoms with E-state index < -0.39 is 5.41 Å². The van der Waals surface area contributed by atoms with Crippen LogP contribution in [0.2, 0.25) is 0 Å². The van der Waals surface area contributed by atoms with Gasteiger partial charge in [-0.05, 0) is 37.3 Å². The highest BCUT2D eigenvalue weighted by molar-refractivity contribution is 5.86. The van der Waals surface area contributed by atoms with Gasteiger partial charge >= 0.3 is 0 Å². The molecule has 4 bridgehead atoms. The number of aliphatic hydroxyl groups is 2. The minimum Gasteiger partial charge on any atom is -0.396 e. The zero-order valence-corrected chi connectivity index (χ0v) is 14.9. The van der Waals surface area contributed by atoms with E-state index in [0.29, 0.717) is 6.04 Å². The normalized spacial score (nSPS) is 33.8. The molecule has 4 aliphatic heterocycles. The lowest BCUT2D eigenvalue weighted by Gasteiger charge is -2.63. The highest BCUT2D eigenvalue weighted by Crippen LogP contribution is 2.59. The molecule has 4 nitrogen and oxygen atoms in total. The molecule has 6 rings (SSSR count). The highest BCUT2D eigenvalue weighted by Gasteiger charge is 2.60. The number of nitrogens with zero attached hydrogens (tertiary/aromatic N) is 2. The number of benzene rings is 1. The number of hydrogen-bond donors (Lipinski definition) is 2. The summed E-state index contributed by atoms with van der Waals surface area (Å²) in [5, 5.41) is 22.0. The van der Waals surface area contributed by atoms with Crippen LogP contribution in [0.4, 0.5) is 0 Å². The Labute approximate surface area is 148 Å². The summed E-state index contributed by atoms with van der Waals surface area (Å²) in [6.07, 6.45) is 4.12. The van der Waals surface area contributed by atoms with Crippen molar-refractivity contribution >= 4 is 10.9 Å². The maximum Gasteiger partial charge on any atom is 0.0530 e. The SMILES string of the molecule is C/C=C1/CN2[C@@H]3C[C@@H]1C(CO)(CO)[C@H]2Cc1c3n(C)c2ccccc12. The van der Waals surface area contributed by atoms with Gasteiger partial charge in [-0.1, -0.05) is 29.8 Å². The second-order valence-corrected chi connectivity index (χ2v) is 8.05. The Kier molecular flexibility index (Phi) is 3.25. The molecule has 1 aromatic carbocycles. The highest BCUT2D eigenvalue weighted by atomic mass is 16.3. The van der Waals surface area contributed by atoms with Gasteiger partial charge in [-0.15, -0.1) is 0 Å². The average molecular weight is 338 g/mol. The first-order valence-corrected chi connectivity index (χ1v) is 9.35. The minimum absolute atomic E-state index is 0.0551. The number of aryl methyl sites for hydroxylation is 1. The van der Waals surface area contributed by atoms with Crippen molar-refractivity contribution in [3.8, 4) is 0 Å². The number of fused-ring (bicyclic) bond motifs is 4. The van der Waals surface area contributed by atoms with Crippen LogP contribution in [0.25, 0.3) is 10.9 Å². The van der Waals surface area contributed by atoms with E-state index in [1.54, 1.807) is 0 Å². The molecule has 2 N–H and O–H groups in total. The summed E-state index contributed by atoms with van der Waals surface area (Å²) >= 11 is 0. The van der Waals surface area contributed by atoms with Crippen LogP contribution >= 0.6 is 0 Å². The van der Waals surface area contributed by atoms with Gasteiger partial charge < -0.3 is 14.8 Å². The quantitative estimate of drug-likeness (QED) is 0.827. The molecule has 0 radical (unpaired) electrons. The Hall–Kier alpha value is -1.62. The first kappa shape index (κ1) is 15.6. The number of para-hydroxylation sites is 1. The van der Waals surface area contributed by atoms with E-state index in [0.717, 1.165) is 19.4 Å². The molecule has 4 heteroatoms. The fraction of sp³-hybridized carbons (Fsp3) is 0.524. The van der Waals surface area contributed by atoms with Crippen LogP contribution in [0.5, 0.6) is 0 Å². The van der Waals surface area contributed by atoms with E-state index in [1.165, 1.54) is 27.7 Å². The third-order valence-corrected chi connectivity index (χ3v) is 7.36. The van der Waals surface area contributed by atoms with E-state index >= 15 is 0 Å². The molecule has 4 atom stereocenters. The molecule has 25 heavy (non-hydrogen) atoms. The van der Waals surface area contributed by atoms with Crippen LogP contribution in [0, 0.1) is 11.3 Å². The van der Waals surface area contributed by atoms with Gasteiger partial charge in [0.15, 0.2) is 0 Å². The maximum absolute atomic E-state index is 10.3. The Morgan fingerprint density at radius 2 is 2.00 bits per heavy atom. The smallest absolute Gasteiger partial charge is 0.0530 e. The third-order valence-electron chi connectivity index (χ3n) is 7.36. The van der Waals surface area contributed by atoms with Crippen molar-refractivity contribution in [2.45, 2.75) is 31.8 Å². The van der Waals surface area contributed by atoms with Gasteiger partial charge in [0.1, 0.15) is 0 Å². The number of aromatic nitrogens is 1. The van der Waals surface area contributed by atoms with E-state index in [9.17, 15) is 10.2 Å². The lowest BCUT2D eigenvalue weighted by Crippen LogP contribution is -2.68. The molecule has 0 saturated carbocycles. The van der Waals surface area contributed by atoms with Crippen LogP contribution in [-0.4, -0.2) is 45.5 Å². The van der Waals surface area contributed by atoms with Crippen LogP contribution < -0.4 is 0 Å². The third kappa shape index (κ3) is 1.73. The number of rotatable bonds is 2. The van der Waals surface area contributed by atoms with Crippen LogP contribution in [0.15, 0.2) is 35.9 Å². The molecule has 0 amide bonds. The van der Waals surface area contributed by atoms with Gasteiger partial charge in [-0.2, -0.15) is 0 Å². The van der Waals surface area contributed by atoms with E-state index in [-0.39, 0.29) is 25.2 Å². The summed E-state index contributed by atoms with van der Waals surface area (Å²) in [6.45, 7) is 3.17. The predicted octanol–water partition coefficient (Wildman–Crippen LogP) is 2.40. The summed E-state index contributed by atoms with van der Waals surface area (Å²) in [5.74, 6) is 0.277. The zero-order chi connectivity index (χ0) is 17.3. The molecule has 4 aliphatic rings. The van der Waals surface area contributed by atoms with E-state index in [4.69, 9.17) is 0 Å². The topological polar surface area (TPSA) is 48.6 Å². The molecule has 5 heterocycles. The van der Waals surface area contributed by atoms with Gasteiger partial charge in [-0.25, -0.2) is 0 Å². The lowest BCUT2D eigenvalue weighted by molar-refractivity contribution is -0.141. The summed E-state index contributed by atoms with van der Waals surface area (Å²) in [5.41, 5.74) is 5.13. The fourth-order valence-corrected chi connectivity index (χ4v) is 6.12. The summed E-state index contributed by atoms with van der Waals surface area (Å²) in [6, 6.07) is 9.26. The van der Waals surface area contributed by atoms with E-state index in [2.05, 4.69) is 53.8 Å². The summed E-state index contributed by atoms with van der Waals surface area (Å²) in [4.78, 5) is 2.56. The number of allylic oxidation sites excluding steroid dienone is 1. The largest absolute Gasteiger partial charge is 0.396 e. The maximum atomic E-state index is 10.3. The van der Waals surface area contributed by atoms with Crippen LogP contribution in [-0.2, 0) is 13.5 Å². The summed E-state index contributed by atoms with van der Waals surface area (Å²) < 4.78 is 2.38. The Bertz CT molecular complexity index is 877. The molecule has 3 saturated heterocycles. The van der Waals surface area contributed by atoms with E-state index in [1.807, 2.05) is 0 Å². The predicted molar refractivity (Wildman–Crippen MR) is 98.3 cm³/mol. The molecule has 0 spiro atoms. The van der Waals surface area contributed by atoms with Gasteiger partial charge in [0.25, 0.3) is 0 Å². The average Bonchev–Trinajstić information content (AvgIpc) is 2.95. The second-order valence-electron chi connectivity index (χ2n) is 8.05. The van der Waals surface area contributed by atoms with Gasteiger partial charge in [0, 0.05) is 41.6 Å². The summed E-state index contributed by atoms with van der Waals surface area (Å²) in [7, 11) is 2.19. The molecule has 2 aromatic rings. The first-order chi connectivity index (χ1) is 12.2. The lowest BCUT2D eigenvalue weighted by atomic mass is 9.55. The van der Waals surface area contributed by atoms with Crippen LogP contribution in [0.3, 0.4) is 0 Å². The molecular weight excluding hydrogens is 312 g/mol. The van der Waals surface area contributed by atoms with Crippen molar-refractivity contribution in [1.29, 1.82) is 0 Å². The van der Waals surface area contributed by atoms with Crippen molar-refractivity contribution in [2.24, 2.45) is 18.4 Å². The van der Waals surface area contributed by atoms with Crippen molar-refractivity contribution < 1.29 is 10.2 Å². The molecule has 1 unspecified atom stereocenters. The number of hydrogen-bond acceptors (Lipinski definition) is 3. The monoisotopic (exact) mass is 338 g/mol. The molecule has 1 aromatic heterocycles. The van der Waals surface area contributed by atoms with Crippen molar-refractivity contribution in [3.05, 3.63) is 47.2 Å². The molecular formula is C21H26N2O2. The zero-order valence-electron chi connectivity index (χ0n) is 14.9. The van der Waals surface area contributed by atoms with Crippen molar-refractivity contribution in [1.82, 2.24) is 9.47 Å². The Balaban J connectivity index is 1.75.